The predicted molar refractivity (Wildman–Crippen MR) is 41.8 cm³/mol. The predicted octanol–water partition coefficient (Wildman–Crippen LogP) is 0.133. The monoisotopic (exact) mass is 149 g/mol. The zero-order chi connectivity index (χ0) is 8.10. The number of rotatable bonds is 2. The molecular formula is C8H9N2O. The molecule has 57 valence electrons. The van der Waals surface area contributed by atoms with Gasteiger partial charge in [-0.2, -0.15) is 0 Å². The third-order valence-corrected chi connectivity index (χ3v) is 1.24. The first-order valence-electron chi connectivity index (χ1n) is 3.29. The third kappa shape index (κ3) is 2.05. The van der Waals surface area contributed by atoms with Crippen LogP contribution in [-0.4, -0.2) is 12.6 Å². The molecule has 3 N–H and O–H groups in total. The van der Waals surface area contributed by atoms with Crippen molar-refractivity contribution < 1.29 is 4.79 Å². The Bertz CT molecular complexity index is 233. The Labute approximate surface area is 65.2 Å². The first-order chi connectivity index (χ1) is 5.34. The Kier molecular flexibility index (Phi) is 2.63. The summed E-state index contributed by atoms with van der Waals surface area (Å²) < 4.78 is 0. The van der Waals surface area contributed by atoms with Gasteiger partial charge in [-0.3, -0.25) is 4.79 Å². The fourth-order valence-electron chi connectivity index (χ4n) is 0.733. The minimum atomic E-state index is -0.151. The van der Waals surface area contributed by atoms with Crippen LogP contribution in [0, 0.1) is 6.07 Å². The molecule has 0 aliphatic carbocycles. The van der Waals surface area contributed by atoms with Crippen LogP contribution in [0.2, 0.25) is 0 Å². The molecule has 0 aliphatic heterocycles. The molecule has 0 saturated heterocycles. The molecule has 0 saturated carbocycles. The van der Waals surface area contributed by atoms with E-state index in [1.165, 1.54) is 0 Å². The molecule has 1 rings (SSSR count). The number of carbonyl (C=O) groups excluding carboxylic acids is 1. The highest BCUT2D eigenvalue weighted by atomic mass is 16.1. The van der Waals surface area contributed by atoms with Gasteiger partial charge in [-0.05, 0) is 18.2 Å². The summed E-state index contributed by atoms with van der Waals surface area (Å²) in [5, 5.41) is 2.49. The third-order valence-electron chi connectivity index (χ3n) is 1.24. The number of nitrogens with two attached hydrogens (primary N) is 1. The molecule has 0 atom stereocenters. The second-order valence-corrected chi connectivity index (χ2v) is 2.00. The minimum absolute atomic E-state index is 0.151. The van der Waals surface area contributed by atoms with Crippen LogP contribution in [0.3, 0.4) is 0 Å². The maximum absolute atomic E-state index is 11.0. The van der Waals surface area contributed by atoms with Crippen molar-refractivity contribution in [1.82, 2.24) is 5.32 Å². The molecule has 0 aromatic heterocycles. The van der Waals surface area contributed by atoms with Crippen LogP contribution in [0.4, 0.5) is 0 Å². The molecule has 0 unspecified atom stereocenters. The first kappa shape index (κ1) is 7.75. The molecule has 11 heavy (non-hydrogen) atoms. The SMILES string of the molecule is NCNC(=O)c1cc[c]cc1. The lowest BCUT2D eigenvalue weighted by Gasteiger charge is -1.99. The van der Waals surface area contributed by atoms with Crippen molar-refractivity contribution in [1.29, 1.82) is 0 Å². The highest BCUT2D eigenvalue weighted by molar-refractivity contribution is 5.93. The van der Waals surface area contributed by atoms with Gasteiger partial charge in [-0.1, -0.05) is 12.1 Å². The molecule has 1 amide bonds. The normalized spacial score (nSPS) is 9.18. The number of benzene rings is 1. The van der Waals surface area contributed by atoms with Crippen molar-refractivity contribution in [2.45, 2.75) is 0 Å². The molecule has 0 heterocycles. The zero-order valence-corrected chi connectivity index (χ0v) is 6.00. The van der Waals surface area contributed by atoms with E-state index in [0.29, 0.717) is 5.56 Å². The van der Waals surface area contributed by atoms with E-state index in [9.17, 15) is 4.79 Å². The Balaban J connectivity index is 2.69. The van der Waals surface area contributed by atoms with Gasteiger partial charge in [-0.15, -0.1) is 0 Å². The van der Waals surface area contributed by atoms with Crippen molar-refractivity contribution in [3.63, 3.8) is 0 Å². The van der Waals surface area contributed by atoms with Crippen LogP contribution in [0.5, 0.6) is 0 Å². The van der Waals surface area contributed by atoms with E-state index in [1.54, 1.807) is 24.3 Å². The molecule has 0 fully saturated rings. The van der Waals surface area contributed by atoms with Crippen LogP contribution in [-0.2, 0) is 0 Å². The van der Waals surface area contributed by atoms with Crippen LogP contribution in [0.1, 0.15) is 10.4 Å². The van der Waals surface area contributed by atoms with Gasteiger partial charge in [0, 0.05) is 5.56 Å². The Hall–Kier alpha value is -1.35. The molecule has 1 aromatic carbocycles. The lowest BCUT2D eigenvalue weighted by molar-refractivity contribution is 0.0955. The number of amides is 1. The van der Waals surface area contributed by atoms with Gasteiger partial charge >= 0.3 is 0 Å². The Morgan fingerprint density at radius 3 is 2.73 bits per heavy atom. The first-order valence-corrected chi connectivity index (χ1v) is 3.29. The van der Waals surface area contributed by atoms with Crippen LogP contribution in [0.25, 0.3) is 0 Å². The van der Waals surface area contributed by atoms with Crippen molar-refractivity contribution in [2.75, 3.05) is 6.67 Å². The molecule has 1 radical (unpaired) electrons. The second kappa shape index (κ2) is 3.73. The van der Waals surface area contributed by atoms with E-state index in [-0.39, 0.29) is 12.6 Å². The van der Waals surface area contributed by atoms with Crippen LogP contribution < -0.4 is 11.1 Å². The second-order valence-electron chi connectivity index (χ2n) is 2.00. The summed E-state index contributed by atoms with van der Waals surface area (Å²) in [6.07, 6.45) is 0. The van der Waals surface area contributed by atoms with Gasteiger partial charge in [0.1, 0.15) is 0 Å². The van der Waals surface area contributed by atoms with E-state index in [2.05, 4.69) is 11.4 Å². The minimum Gasteiger partial charge on any atom is -0.340 e. The van der Waals surface area contributed by atoms with E-state index in [1.807, 2.05) is 0 Å². The van der Waals surface area contributed by atoms with Crippen molar-refractivity contribution >= 4 is 5.91 Å². The van der Waals surface area contributed by atoms with Gasteiger partial charge in [0.2, 0.25) is 0 Å². The number of hydrogen-bond acceptors (Lipinski definition) is 2. The summed E-state index contributed by atoms with van der Waals surface area (Å²) in [5.41, 5.74) is 5.73. The van der Waals surface area contributed by atoms with Crippen molar-refractivity contribution in [2.24, 2.45) is 5.73 Å². The van der Waals surface area contributed by atoms with E-state index in [4.69, 9.17) is 5.73 Å². The van der Waals surface area contributed by atoms with Gasteiger partial charge < -0.3 is 11.1 Å². The van der Waals surface area contributed by atoms with Gasteiger partial charge in [0.05, 0.1) is 6.67 Å². The molecule has 0 spiro atoms. The van der Waals surface area contributed by atoms with Crippen LogP contribution in [0.15, 0.2) is 24.3 Å². The number of hydrogen-bond donors (Lipinski definition) is 2. The number of nitrogens with one attached hydrogen (secondary N) is 1. The fraction of sp³-hybridized carbons (Fsp3) is 0.125. The summed E-state index contributed by atoms with van der Waals surface area (Å²) in [4.78, 5) is 11.0. The average molecular weight is 149 g/mol. The highest BCUT2D eigenvalue weighted by Crippen LogP contribution is 1.95. The summed E-state index contributed by atoms with van der Waals surface area (Å²) in [7, 11) is 0. The standard InChI is InChI=1S/C8H9N2O/c9-6-10-8(11)7-4-2-1-3-5-7/h2-5H,6,9H2,(H,10,11). The lowest BCUT2D eigenvalue weighted by Crippen LogP contribution is -2.29. The summed E-state index contributed by atoms with van der Waals surface area (Å²) in [5.74, 6) is -0.151. The van der Waals surface area contributed by atoms with Crippen LogP contribution >= 0.6 is 0 Å². The smallest absolute Gasteiger partial charge is 0.252 e. The van der Waals surface area contributed by atoms with E-state index >= 15 is 0 Å². The molecule has 0 aliphatic rings. The summed E-state index contributed by atoms with van der Waals surface area (Å²) >= 11 is 0. The van der Waals surface area contributed by atoms with Crippen molar-refractivity contribution in [3.8, 4) is 0 Å². The highest BCUT2D eigenvalue weighted by Gasteiger charge is 2.00. The Morgan fingerprint density at radius 1 is 1.55 bits per heavy atom. The summed E-state index contributed by atoms with van der Waals surface area (Å²) in [6, 6.07) is 9.56. The maximum atomic E-state index is 11.0. The van der Waals surface area contributed by atoms with Gasteiger partial charge in [0.15, 0.2) is 0 Å². The maximum Gasteiger partial charge on any atom is 0.252 e. The zero-order valence-electron chi connectivity index (χ0n) is 6.00. The Morgan fingerprint density at radius 2 is 2.18 bits per heavy atom. The number of carbonyl (C=O) groups is 1. The lowest BCUT2D eigenvalue weighted by atomic mass is 10.2. The molecule has 3 nitrogen and oxygen atoms in total. The molecular weight excluding hydrogens is 140 g/mol. The average Bonchev–Trinajstić information content (AvgIpc) is 2.07. The topological polar surface area (TPSA) is 55.1 Å². The molecule has 3 heteroatoms. The molecule has 1 aromatic rings. The quantitative estimate of drug-likeness (QED) is 0.587. The summed E-state index contributed by atoms with van der Waals surface area (Å²) in [6.45, 7) is 0.164. The largest absolute Gasteiger partial charge is 0.340 e. The van der Waals surface area contributed by atoms with Gasteiger partial charge in [0.25, 0.3) is 5.91 Å². The fourth-order valence-corrected chi connectivity index (χ4v) is 0.733. The van der Waals surface area contributed by atoms with E-state index < -0.39 is 0 Å². The van der Waals surface area contributed by atoms with Crippen molar-refractivity contribution in [3.05, 3.63) is 35.9 Å². The van der Waals surface area contributed by atoms with E-state index in [0.717, 1.165) is 0 Å². The molecule has 0 bridgehead atoms. The van der Waals surface area contributed by atoms with Gasteiger partial charge in [-0.25, -0.2) is 0 Å².